The van der Waals surface area contributed by atoms with Crippen molar-refractivity contribution >= 4 is 29.4 Å². The van der Waals surface area contributed by atoms with Gasteiger partial charge in [0.15, 0.2) is 5.58 Å². The molecule has 3 rings (SSSR count). The molecule has 0 unspecified atom stereocenters. The lowest BCUT2D eigenvalue weighted by atomic mass is 10.2. The number of hydrazone groups is 1. The number of oxazole rings is 1. The van der Waals surface area contributed by atoms with Gasteiger partial charge in [0.1, 0.15) is 5.52 Å². The lowest BCUT2D eigenvalue weighted by Crippen LogP contribution is -1.87. The van der Waals surface area contributed by atoms with Gasteiger partial charge in [-0.25, -0.2) is 5.43 Å². The minimum Gasteiger partial charge on any atom is -0.422 e. The Kier molecular flexibility index (Phi) is 3.55. The Morgan fingerprint density at radius 2 is 1.80 bits per heavy atom. The summed E-state index contributed by atoms with van der Waals surface area (Å²) < 4.78 is 5.47. The van der Waals surface area contributed by atoms with Crippen LogP contribution in [0.3, 0.4) is 0 Å². The molecule has 4 nitrogen and oxygen atoms in total. The molecular formula is C16H13N3O. The molecule has 20 heavy (non-hydrogen) atoms. The first-order valence-electron chi connectivity index (χ1n) is 6.28. The second-order valence-electron chi connectivity index (χ2n) is 4.15. The van der Waals surface area contributed by atoms with E-state index in [9.17, 15) is 0 Å². The maximum atomic E-state index is 5.47. The lowest BCUT2D eigenvalue weighted by molar-refractivity contribution is 0.617. The van der Waals surface area contributed by atoms with E-state index in [1.54, 1.807) is 6.21 Å². The molecule has 0 aliphatic rings. The van der Waals surface area contributed by atoms with E-state index in [2.05, 4.69) is 15.5 Å². The van der Waals surface area contributed by atoms with E-state index in [-0.39, 0.29) is 0 Å². The van der Waals surface area contributed by atoms with Gasteiger partial charge in [0.2, 0.25) is 0 Å². The maximum Gasteiger partial charge on any atom is 0.316 e. The number of benzene rings is 2. The molecule has 0 amide bonds. The first-order valence-corrected chi connectivity index (χ1v) is 6.28. The predicted octanol–water partition coefficient (Wildman–Crippen LogP) is 3.94. The molecule has 1 heterocycles. The maximum absolute atomic E-state index is 5.47. The Morgan fingerprint density at radius 1 is 1.00 bits per heavy atom. The Balaban J connectivity index is 1.61. The van der Waals surface area contributed by atoms with Crippen LogP contribution in [0.2, 0.25) is 0 Å². The van der Waals surface area contributed by atoms with Crippen LogP contribution in [0.5, 0.6) is 0 Å². The number of allylic oxidation sites excluding steroid dienone is 1. The summed E-state index contributed by atoms with van der Waals surface area (Å²) in [6, 6.07) is 18.0. The molecule has 3 aromatic rings. The summed E-state index contributed by atoms with van der Waals surface area (Å²) in [5.41, 5.74) is 5.44. The lowest BCUT2D eigenvalue weighted by Gasteiger charge is -1.90. The third-order valence-electron chi connectivity index (χ3n) is 2.70. The van der Waals surface area contributed by atoms with Gasteiger partial charge >= 0.3 is 6.01 Å². The van der Waals surface area contributed by atoms with Gasteiger partial charge in [-0.05, 0) is 23.8 Å². The van der Waals surface area contributed by atoms with E-state index in [1.807, 2.05) is 66.7 Å². The van der Waals surface area contributed by atoms with E-state index >= 15 is 0 Å². The predicted molar refractivity (Wildman–Crippen MR) is 81.6 cm³/mol. The highest BCUT2D eigenvalue weighted by Gasteiger charge is 2.01. The number of hydrogen-bond acceptors (Lipinski definition) is 4. The fraction of sp³-hybridized carbons (Fsp3) is 0. The number of aromatic nitrogens is 1. The van der Waals surface area contributed by atoms with Gasteiger partial charge in [0, 0.05) is 6.21 Å². The third-order valence-corrected chi connectivity index (χ3v) is 2.70. The highest BCUT2D eigenvalue weighted by molar-refractivity contribution is 5.79. The van der Waals surface area contributed by atoms with E-state index in [4.69, 9.17) is 4.42 Å². The van der Waals surface area contributed by atoms with E-state index in [1.165, 1.54) is 0 Å². The van der Waals surface area contributed by atoms with Gasteiger partial charge in [-0.1, -0.05) is 48.5 Å². The molecule has 4 heteroatoms. The molecule has 1 N–H and O–H groups in total. The van der Waals surface area contributed by atoms with Crippen molar-refractivity contribution in [2.45, 2.75) is 0 Å². The highest BCUT2D eigenvalue weighted by atomic mass is 16.4. The van der Waals surface area contributed by atoms with Crippen molar-refractivity contribution in [1.82, 2.24) is 4.98 Å². The zero-order valence-electron chi connectivity index (χ0n) is 10.7. The van der Waals surface area contributed by atoms with Crippen molar-refractivity contribution in [2.75, 3.05) is 5.43 Å². The molecule has 0 fully saturated rings. The largest absolute Gasteiger partial charge is 0.422 e. The van der Waals surface area contributed by atoms with E-state index in [0.717, 1.165) is 16.7 Å². The van der Waals surface area contributed by atoms with Crippen molar-refractivity contribution < 1.29 is 4.42 Å². The second-order valence-corrected chi connectivity index (χ2v) is 4.15. The first kappa shape index (κ1) is 12.2. The normalized spacial score (nSPS) is 11.6. The summed E-state index contributed by atoms with van der Waals surface area (Å²) >= 11 is 0. The van der Waals surface area contributed by atoms with Crippen molar-refractivity contribution in [3.8, 4) is 0 Å². The minimum atomic E-state index is 0.385. The first-order chi connectivity index (χ1) is 9.92. The number of para-hydroxylation sites is 2. The molecule has 0 atom stereocenters. The van der Waals surface area contributed by atoms with Gasteiger partial charge in [-0.3, -0.25) is 0 Å². The number of fused-ring (bicyclic) bond motifs is 1. The molecule has 0 bridgehead atoms. The number of nitrogens with zero attached hydrogens (tertiary/aromatic N) is 2. The van der Waals surface area contributed by atoms with Crippen molar-refractivity contribution in [3.05, 3.63) is 66.2 Å². The van der Waals surface area contributed by atoms with Gasteiger partial charge in [0.05, 0.1) is 0 Å². The van der Waals surface area contributed by atoms with Crippen LogP contribution in [0.4, 0.5) is 6.01 Å². The number of rotatable bonds is 4. The van der Waals surface area contributed by atoms with E-state index in [0.29, 0.717) is 6.01 Å². The monoisotopic (exact) mass is 263 g/mol. The second kappa shape index (κ2) is 5.84. The average molecular weight is 263 g/mol. The number of hydrogen-bond donors (Lipinski definition) is 1. The summed E-state index contributed by atoms with van der Waals surface area (Å²) in [4.78, 5) is 4.25. The van der Waals surface area contributed by atoms with Gasteiger partial charge in [0.25, 0.3) is 0 Å². The zero-order valence-corrected chi connectivity index (χ0v) is 10.7. The Hall–Kier alpha value is -2.88. The van der Waals surface area contributed by atoms with Crippen LogP contribution in [-0.2, 0) is 0 Å². The van der Waals surface area contributed by atoms with Crippen LogP contribution in [0.1, 0.15) is 5.56 Å². The van der Waals surface area contributed by atoms with Crippen molar-refractivity contribution in [1.29, 1.82) is 0 Å². The summed E-state index contributed by atoms with van der Waals surface area (Å²) in [6.07, 6.45) is 5.48. The highest BCUT2D eigenvalue weighted by Crippen LogP contribution is 2.17. The van der Waals surface area contributed by atoms with Crippen molar-refractivity contribution in [2.24, 2.45) is 5.10 Å². The molecule has 0 radical (unpaired) electrons. The number of nitrogens with one attached hydrogen (secondary N) is 1. The van der Waals surface area contributed by atoms with Gasteiger partial charge < -0.3 is 4.42 Å². The summed E-state index contributed by atoms with van der Waals surface area (Å²) in [5, 5.41) is 4.03. The summed E-state index contributed by atoms with van der Waals surface area (Å²) in [5.74, 6) is 0. The fourth-order valence-corrected chi connectivity index (χ4v) is 1.77. The molecule has 0 aliphatic carbocycles. The van der Waals surface area contributed by atoms with Crippen LogP contribution in [0.15, 0.2) is 70.2 Å². The Bertz CT molecular complexity index is 712. The molecule has 1 aromatic heterocycles. The number of anilines is 1. The van der Waals surface area contributed by atoms with Crippen LogP contribution >= 0.6 is 0 Å². The summed E-state index contributed by atoms with van der Waals surface area (Å²) in [6.45, 7) is 0. The topological polar surface area (TPSA) is 50.4 Å². The van der Waals surface area contributed by atoms with Crippen LogP contribution < -0.4 is 5.43 Å². The van der Waals surface area contributed by atoms with Crippen LogP contribution in [0, 0.1) is 0 Å². The smallest absolute Gasteiger partial charge is 0.316 e. The Labute approximate surface area is 116 Å². The van der Waals surface area contributed by atoms with Gasteiger partial charge in [-0.2, -0.15) is 10.1 Å². The minimum absolute atomic E-state index is 0.385. The van der Waals surface area contributed by atoms with Gasteiger partial charge in [-0.15, -0.1) is 0 Å². The molecule has 0 saturated carbocycles. The van der Waals surface area contributed by atoms with Crippen LogP contribution in [0.25, 0.3) is 17.2 Å². The third kappa shape index (κ3) is 2.92. The van der Waals surface area contributed by atoms with E-state index < -0.39 is 0 Å². The molecule has 0 spiro atoms. The molecular weight excluding hydrogens is 250 g/mol. The SMILES string of the molecule is C(=C/c1ccccc1)/C=N\Nc1nc2ccccc2o1. The molecule has 0 aliphatic heterocycles. The summed E-state index contributed by atoms with van der Waals surface area (Å²) in [7, 11) is 0. The molecule has 2 aromatic carbocycles. The molecule has 98 valence electrons. The zero-order chi connectivity index (χ0) is 13.6. The standard InChI is InChI=1S/C16H13N3O/c1-2-7-13(8-3-1)9-6-12-17-19-16-18-14-10-4-5-11-15(14)20-16/h1-12H,(H,18,19)/b9-6-,17-12-. The average Bonchev–Trinajstić information content (AvgIpc) is 2.90. The fourth-order valence-electron chi connectivity index (χ4n) is 1.77. The Morgan fingerprint density at radius 3 is 2.65 bits per heavy atom. The quantitative estimate of drug-likeness (QED) is 0.573. The molecule has 0 saturated heterocycles. The van der Waals surface area contributed by atoms with Crippen molar-refractivity contribution in [3.63, 3.8) is 0 Å². The van der Waals surface area contributed by atoms with Crippen LogP contribution in [-0.4, -0.2) is 11.2 Å².